The average molecular weight is 401 g/mol. The van der Waals surface area contributed by atoms with E-state index in [0.29, 0.717) is 23.8 Å². The number of likely N-dealkylation sites (tertiary alicyclic amines) is 1. The highest BCUT2D eigenvalue weighted by atomic mass is 19.4. The minimum atomic E-state index is -4.37. The number of hydrogen-bond donors (Lipinski definition) is 0. The van der Waals surface area contributed by atoms with Crippen LogP contribution in [0.15, 0.2) is 53.1 Å². The zero-order valence-corrected chi connectivity index (χ0v) is 15.6. The van der Waals surface area contributed by atoms with Crippen molar-refractivity contribution in [3.8, 4) is 11.5 Å². The van der Waals surface area contributed by atoms with Crippen molar-refractivity contribution in [1.82, 2.24) is 15.0 Å². The largest absolute Gasteiger partial charge is 0.416 e. The highest BCUT2D eigenvalue weighted by Crippen LogP contribution is 2.31. The predicted octanol–water partition coefficient (Wildman–Crippen LogP) is 4.58. The Kier molecular flexibility index (Phi) is 4.86. The lowest BCUT2D eigenvalue weighted by Gasteiger charge is -2.16. The van der Waals surface area contributed by atoms with Crippen LogP contribution in [0.2, 0.25) is 0 Å². The highest BCUT2D eigenvalue weighted by molar-refractivity contribution is 5.79. The predicted molar refractivity (Wildman–Crippen MR) is 98.7 cm³/mol. The van der Waals surface area contributed by atoms with Gasteiger partial charge >= 0.3 is 6.18 Å². The van der Waals surface area contributed by atoms with Crippen LogP contribution in [0.1, 0.15) is 34.9 Å². The van der Waals surface area contributed by atoms with E-state index in [1.54, 1.807) is 4.90 Å². The Hall–Kier alpha value is -3.16. The lowest BCUT2D eigenvalue weighted by molar-refractivity contribution is -0.137. The third kappa shape index (κ3) is 4.01. The van der Waals surface area contributed by atoms with Gasteiger partial charge in [0.2, 0.25) is 5.91 Å². The van der Waals surface area contributed by atoms with Gasteiger partial charge in [-0.05, 0) is 36.2 Å². The second-order valence-electron chi connectivity index (χ2n) is 7.14. The molecule has 0 bridgehead atoms. The zero-order valence-electron chi connectivity index (χ0n) is 15.6. The molecule has 8 heteroatoms. The maximum absolute atomic E-state index is 12.7. The van der Waals surface area contributed by atoms with E-state index in [1.807, 2.05) is 31.2 Å². The van der Waals surface area contributed by atoms with Crippen molar-refractivity contribution >= 4 is 5.91 Å². The molecule has 0 saturated carbocycles. The van der Waals surface area contributed by atoms with E-state index in [2.05, 4.69) is 10.1 Å². The molecule has 1 atom stereocenters. The fourth-order valence-electron chi connectivity index (χ4n) is 3.44. The maximum atomic E-state index is 12.7. The van der Waals surface area contributed by atoms with Gasteiger partial charge in [-0.15, -0.1) is 0 Å². The van der Waals surface area contributed by atoms with Gasteiger partial charge in [0.05, 0.1) is 5.56 Å². The minimum absolute atomic E-state index is 0.0860. The lowest BCUT2D eigenvalue weighted by Crippen LogP contribution is -2.24. The Morgan fingerprint density at radius 1 is 1.14 bits per heavy atom. The third-order valence-corrected chi connectivity index (χ3v) is 5.05. The molecular weight excluding hydrogens is 383 g/mol. The van der Waals surface area contributed by atoms with Gasteiger partial charge in [-0.3, -0.25) is 4.79 Å². The molecule has 1 unspecified atom stereocenters. The molecule has 0 N–H and O–H groups in total. The van der Waals surface area contributed by atoms with E-state index in [0.717, 1.165) is 23.3 Å². The fourth-order valence-corrected chi connectivity index (χ4v) is 3.44. The summed E-state index contributed by atoms with van der Waals surface area (Å²) in [6, 6.07) is 12.5. The van der Waals surface area contributed by atoms with Crippen LogP contribution in [0.25, 0.3) is 11.5 Å². The molecule has 1 aliphatic rings. The Balaban J connectivity index is 1.45. The van der Waals surface area contributed by atoms with Crippen molar-refractivity contribution in [3.05, 3.63) is 71.0 Å². The van der Waals surface area contributed by atoms with E-state index in [-0.39, 0.29) is 24.8 Å². The molecule has 5 nitrogen and oxygen atoms in total. The lowest BCUT2D eigenvalue weighted by atomic mass is 10.1. The van der Waals surface area contributed by atoms with Gasteiger partial charge < -0.3 is 9.42 Å². The molecule has 2 aromatic carbocycles. The minimum Gasteiger partial charge on any atom is -0.338 e. The summed E-state index contributed by atoms with van der Waals surface area (Å²) in [5.41, 5.74) is 1.79. The van der Waals surface area contributed by atoms with Crippen molar-refractivity contribution in [1.29, 1.82) is 0 Å². The van der Waals surface area contributed by atoms with Gasteiger partial charge in [0.1, 0.15) is 0 Å². The summed E-state index contributed by atoms with van der Waals surface area (Å²) in [7, 11) is 0. The quantitative estimate of drug-likeness (QED) is 0.642. The molecule has 2 heterocycles. The number of hydrogen-bond acceptors (Lipinski definition) is 4. The molecule has 1 amide bonds. The first kappa shape index (κ1) is 19.2. The number of alkyl halides is 3. The number of aryl methyl sites for hydroxylation is 1. The number of aromatic nitrogens is 2. The molecule has 29 heavy (non-hydrogen) atoms. The second-order valence-corrected chi connectivity index (χ2v) is 7.14. The molecule has 1 aromatic heterocycles. The van der Waals surface area contributed by atoms with E-state index < -0.39 is 11.7 Å². The summed E-state index contributed by atoms with van der Waals surface area (Å²) in [5, 5.41) is 4.04. The maximum Gasteiger partial charge on any atom is 0.416 e. The van der Waals surface area contributed by atoms with E-state index in [9.17, 15) is 18.0 Å². The standard InChI is InChI=1S/C21H18F3N3O2/c1-13-4-2-3-5-17(13)20-25-19(26-29-20)15-10-18(28)27(12-15)11-14-6-8-16(9-7-14)21(22,23)24/h2-9,15H,10-12H2,1H3. The number of halogens is 3. The number of carbonyl (C=O) groups is 1. The van der Waals surface area contributed by atoms with Crippen LogP contribution in [0.4, 0.5) is 13.2 Å². The first-order valence-corrected chi connectivity index (χ1v) is 9.15. The first-order valence-electron chi connectivity index (χ1n) is 9.15. The smallest absolute Gasteiger partial charge is 0.338 e. The fraction of sp³-hybridized carbons (Fsp3) is 0.286. The highest BCUT2D eigenvalue weighted by Gasteiger charge is 2.34. The molecular formula is C21H18F3N3O2. The Morgan fingerprint density at radius 2 is 1.86 bits per heavy atom. The van der Waals surface area contributed by atoms with Gasteiger partial charge in [0.25, 0.3) is 5.89 Å². The summed E-state index contributed by atoms with van der Waals surface area (Å²) >= 11 is 0. The summed E-state index contributed by atoms with van der Waals surface area (Å²) < 4.78 is 43.4. The van der Waals surface area contributed by atoms with Gasteiger partial charge in [0.15, 0.2) is 5.82 Å². The molecule has 0 radical (unpaired) electrons. The normalized spacial score (nSPS) is 17.2. The molecule has 3 aromatic rings. The number of rotatable bonds is 4. The van der Waals surface area contributed by atoms with Crippen LogP contribution >= 0.6 is 0 Å². The SMILES string of the molecule is Cc1ccccc1-c1nc(C2CC(=O)N(Cc3ccc(C(F)(F)F)cc3)C2)no1. The second kappa shape index (κ2) is 7.35. The van der Waals surface area contributed by atoms with Crippen LogP contribution in [0.3, 0.4) is 0 Å². The zero-order chi connectivity index (χ0) is 20.6. The van der Waals surface area contributed by atoms with Gasteiger partial charge in [0, 0.05) is 31.0 Å². The van der Waals surface area contributed by atoms with Crippen molar-refractivity contribution in [3.63, 3.8) is 0 Å². The Labute approximate surface area is 165 Å². The van der Waals surface area contributed by atoms with Crippen LogP contribution in [0, 0.1) is 6.92 Å². The molecule has 1 fully saturated rings. The van der Waals surface area contributed by atoms with Gasteiger partial charge in [-0.2, -0.15) is 18.2 Å². The number of benzene rings is 2. The number of nitrogens with zero attached hydrogens (tertiary/aromatic N) is 3. The van der Waals surface area contributed by atoms with Crippen LogP contribution < -0.4 is 0 Å². The monoisotopic (exact) mass is 401 g/mol. The van der Waals surface area contributed by atoms with Gasteiger partial charge in [-0.25, -0.2) is 0 Å². The van der Waals surface area contributed by atoms with Crippen molar-refractivity contribution in [2.75, 3.05) is 6.54 Å². The summed E-state index contributed by atoms with van der Waals surface area (Å²) in [4.78, 5) is 18.4. The van der Waals surface area contributed by atoms with Crippen molar-refractivity contribution < 1.29 is 22.5 Å². The van der Waals surface area contributed by atoms with E-state index in [4.69, 9.17) is 4.52 Å². The van der Waals surface area contributed by atoms with Gasteiger partial charge in [-0.1, -0.05) is 35.5 Å². The number of carbonyl (C=O) groups excluding carboxylic acids is 1. The topological polar surface area (TPSA) is 59.2 Å². The molecule has 4 rings (SSSR count). The summed E-state index contributed by atoms with van der Waals surface area (Å²) in [6.45, 7) is 2.59. The first-order chi connectivity index (χ1) is 13.8. The van der Waals surface area contributed by atoms with Crippen LogP contribution in [-0.4, -0.2) is 27.5 Å². The third-order valence-electron chi connectivity index (χ3n) is 5.05. The van der Waals surface area contributed by atoms with E-state index in [1.165, 1.54) is 12.1 Å². The Bertz CT molecular complexity index is 1030. The van der Waals surface area contributed by atoms with Crippen molar-refractivity contribution in [2.45, 2.75) is 32.0 Å². The molecule has 0 spiro atoms. The van der Waals surface area contributed by atoms with Crippen LogP contribution in [0.5, 0.6) is 0 Å². The molecule has 1 aliphatic heterocycles. The number of amides is 1. The summed E-state index contributed by atoms with van der Waals surface area (Å²) in [5.74, 6) is 0.578. The van der Waals surface area contributed by atoms with Crippen LogP contribution in [-0.2, 0) is 17.5 Å². The Morgan fingerprint density at radius 3 is 2.55 bits per heavy atom. The average Bonchev–Trinajstić information content (AvgIpc) is 3.29. The molecule has 0 aliphatic carbocycles. The molecule has 1 saturated heterocycles. The summed E-state index contributed by atoms with van der Waals surface area (Å²) in [6.07, 6.45) is -4.13. The van der Waals surface area contributed by atoms with Crippen molar-refractivity contribution in [2.24, 2.45) is 0 Å². The van der Waals surface area contributed by atoms with E-state index >= 15 is 0 Å². The molecule has 150 valence electrons.